The molecule has 1 unspecified atom stereocenters. The van der Waals surface area contributed by atoms with Gasteiger partial charge in [0.25, 0.3) is 0 Å². The van der Waals surface area contributed by atoms with Crippen LogP contribution in [0.5, 0.6) is 5.75 Å². The summed E-state index contributed by atoms with van der Waals surface area (Å²) >= 11 is 0. The molecule has 2 heterocycles. The molecule has 5 heteroatoms. The largest absolute Gasteiger partial charge is 0.488 e. The Labute approximate surface area is 174 Å². The third-order valence-electron chi connectivity index (χ3n) is 5.64. The first-order valence-electron chi connectivity index (χ1n) is 11.1. The molecule has 0 saturated carbocycles. The third-order valence-corrected chi connectivity index (χ3v) is 5.64. The maximum Gasteiger partial charge on any atom is 0.219 e. The van der Waals surface area contributed by atoms with E-state index in [1.807, 2.05) is 19.2 Å². The maximum absolute atomic E-state index is 11.6. The molecule has 0 bridgehead atoms. The first-order valence-corrected chi connectivity index (χ1v) is 11.1. The molecule has 3 rings (SSSR count). The Balaban J connectivity index is 1.60. The van der Waals surface area contributed by atoms with Gasteiger partial charge in [-0.2, -0.15) is 0 Å². The molecule has 158 valence electrons. The Morgan fingerprint density at radius 1 is 1.31 bits per heavy atom. The predicted molar refractivity (Wildman–Crippen MR) is 118 cm³/mol. The van der Waals surface area contributed by atoms with Crippen molar-refractivity contribution in [2.24, 2.45) is 0 Å². The zero-order chi connectivity index (χ0) is 20.6. The number of nitrogens with one attached hydrogen (secondary N) is 1. The van der Waals surface area contributed by atoms with Crippen molar-refractivity contribution in [1.82, 2.24) is 15.2 Å². The van der Waals surface area contributed by atoms with Crippen LogP contribution in [-0.2, 0) is 11.2 Å². The number of carbonyl (C=O) groups is 1. The number of aryl methyl sites for hydroxylation is 1. The van der Waals surface area contributed by atoms with Crippen LogP contribution in [0.2, 0.25) is 0 Å². The van der Waals surface area contributed by atoms with Crippen LogP contribution in [0.1, 0.15) is 58.4 Å². The number of fused-ring (bicyclic) bond motifs is 1. The number of benzene rings is 1. The number of amides is 1. The number of hydrogen-bond acceptors (Lipinski definition) is 4. The van der Waals surface area contributed by atoms with Gasteiger partial charge in [-0.15, -0.1) is 0 Å². The van der Waals surface area contributed by atoms with Crippen molar-refractivity contribution in [1.29, 1.82) is 0 Å². The normalized spacial score (nSPS) is 16.7. The van der Waals surface area contributed by atoms with Gasteiger partial charge in [0.2, 0.25) is 5.91 Å². The molecular weight excluding hydrogens is 362 g/mol. The molecule has 0 radical (unpaired) electrons. The van der Waals surface area contributed by atoms with Crippen LogP contribution in [0.3, 0.4) is 0 Å². The van der Waals surface area contributed by atoms with E-state index in [4.69, 9.17) is 4.74 Å². The van der Waals surface area contributed by atoms with E-state index >= 15 is 0 Å². The van der Waals surface area contributed by atoms with Crippen molar-refractivity contribution in [2.75, 3.05) is 19.6 Å². The van der Waals surface area contributed by atoms with Gasteiger partial charge in [-0.1, -0.05) is 26.3 Å². The minimum absolute atomic E-state index is 0.123. The molecule has 1 fully saturated rings. The van der Waals surface area contributed by atoms with E-state index in [0.29, 0.717) is 6.42 Å². The summed E-state index contributed by atoms with van der Waals surface area (Å²) in [7, 11) is 0. The lowest BCUT2D eigenvalue weighted by molar-refractivity contribution is -0.121. The number of ether oxygens (including phenoxy) is 1. The van der Waals surface area contributed by atoms with Crippen molar-refractivity contribution in [3.05, 3.63) is 36.0 Å². The second-order valence-electron chi connectivity index (χ2n) is 8.21. The number of piperidine rings is 1. The van der Waals surface area contributed by atoms with E-state index in [9.17, 15) is 4.79 Å². The zero-order valence-electron chi connectivity index (χ0n) is 18.1. The summed E-state index contributed by atoms with van der Waals surface area (Å²) in [5, 5.41) is 4.21. The summed E-state index contributed by atoms with van der Waals surface area (Å²) in [5.74, 6) is 1.05. The molecule has 29 heavy (non-hydrogen) atoms. The molecular formula is C24H35N3O2. The Morgan fingerprint density at radius 3 is 2.83 bits per heavy atom. The summed E-state index contributed by atoms with van der Waals surface area (Å²) in [4.78, 5) is 18.6. The number of nitrogens with zero attached hydrogens (tertiary/aromatic N) is 2. The smallest absolute Gasteiger partial charge is 0.219 e. The molecule has 5 nitrogen and oxygen atoms in total. The lowest BCUT2D eigenvalue weighted by atomic mass is 10.0. The first-order chi connectivity index (χ1) is 14.1. The van der Waals surface area contributed by atoms with Gasteiger partial charge in [0.15, 0.2) is 0 Å². The fraction of sp³-hybridized carbons (Fsp3) is 0.583. The van der Waals surface area contributed by atoms with Gasteiger partial charge in [0, 0.05) is 43.7 Å². The number of rotatable bonds is 9. The molecule has 1 saturated heterocycles. The van der Waals surface area contributed by atoms with Gasteiger partial charge in [-0.25, -0.2) is 0 Å². The summed E-state index contributed by atoms with van der Waals surface area (Å²) in [6, 6.07) is 8.74. The van der Waals surface area contributed by atoms with Gasteiger partial charge < -0.3 is 15.0 Å². The summed E-state index contributed by atoms with van der Waals surface area (Å²) < 4.78 is 6.47. The van der Waals surface area contributed by atoms with E-state index in [-0.39, 0.29) is 18.1 Å². The second kappa shape index (κ2) is 10.6. The fourth-order valence-corrected chi connectivity index (χ4v) is 4.03. The molecule has 0 aliphatic carbocycles. The van der Waals surface area contributed by atoms with Crippen molar-refractivity contribution in [3.63, 3.8) is 0 Å². The SMILES string of the molecule is CCCCc1cc(OC2CCN(CC(C)NC(=O)CC)CC2)c2ncccc2c1. The summed E-state index contributed by atoms with van der Waals surface area (Å²) in [6.45, 7) is 9.09. The quantitative estimate of drug-likeness (QED) is 0.684. The van der Waals surface area contributed by atoms with Crippen molar-refractivity contribution in [2.45, 2.75) is 71.4 Å². The Hall–Kier alpha value is -2.14. The van der Waals surface area contributed by atoms with Crippen LogP contribution >= 0.6 is 0 Å². The van der Waals surface area contributed by atoms with Crippen LogP contribution in [0.25, 0.3) is 10.9 Å². The maximum atomic E-state index is 11.6. The number of aromatic nitrogens is 1. The lowest BCUT2D eigenvalue weighted by Crippen LogP contribution is -2.46. The molecule has 0 spiro atoms. The molecule has 1 aromatic heterocycles. The molecule has 1 atom stereocenters. The highest BCUT2D eigenvalue weighted by Crippen LogP contribution is 2.29. The molecule has 1 aliphatic rings. The van der Waals surface area contributed by atoms with Crippen LogP contribution < -0.4 is 10.1 Å². The fourth-order valence-electron chi connectivity index (χ4n) is 4.03. The zero-order valence-corrected chi connectivity index (χ0v) is 18.1. The number of carbonyl (C=O) groups excluding carboxylic acids is 1. The van der Waals surface area contributed by atoms with E-state index in [1.54, 1.807) is 0 Å². The summed E-state index contributed by atoms with van der Waals surface area (Å²) in [5.41, 5.74) is 2.30. The summed E-state index contributed by atoms with van der Waals surface area (Å²) in [6.07, 6.45) is 8.07. The van der Waals surface area contributed by atoms with Crippen molar-refractivity contribution >= 4 is 16.8 Å². The van der Waals surface area contributed by atoms with Crippen molar-refractivity contribution in [3.8, 4) is 5.75 Å². The highest BCUT2D eigenvalue weighted by atomic mass is 16.5. The van der Waals surface area contributed by atoms with Crippen LogP contribution in [0, 0.1) is 0 Å². The monoisotopic (exact) mass is 397 g/mol. The number of likely N-dealkylation sites (tertiary alicyclic amines) is 1. The molecule has 1 aliphatic heterocycles. The predicted octanol–water partition coefficient (Wildman–Crippen LogP) is 4.34. The van der Waals surface area contributed by atoms with Crippen LogP contribution in [0.4, 0.5) is 0 Å². The number of hydrogen-bond donors (Lipinski definition) is 1. The van der Waals surface area contributed by atoms with E-state index in [0.717, 1.165) is 55.5 Å². The molecule has 1 aromatic carbocycles. The Bertz CT molecular complexity index is 800. The third kappa shape index (κ3) is 6.17. The minimum Gasteiger partial charge on any atom is -0.488 e. The highest BCUT2D eigenvalue weighted by molar-refractivity contribution is 5.85. The average Bonchev–Trinajstić information content (AvgIpc) is 2.73. The number of pyridine rings is 1. The van der Waals surface area contributed by atoms with E-state index in [2.05, 4.69) is 47.2 Å². The van der Waals surface area contributed by atoms with Gasteiger partial charge in [-0.3, -0.25) is 9.78 Å². The van der Waals surface area contributed by atoms with E-state index in [1.165, 1.54) is 18.4 Å². The molecule has 1 amide bonds. The van der Waals surface area contributed by atoms with Gasteiger partial charge in [-0.05, 0) is 56.4 Å². The van der Waals surface area contributed by atoms with E-state index < -0.39 is 0 Å². The average molecular weight is 398 g/mol. The van der Waals surface area contributed by atoms with Gasteiger partial charge in [0.05, 0.1) is 0 Å². The second-order valence-corrected chi connectivity index (χ2v) is 8.21. The molecule has 1 N–H and O–H groups in total. The minimum atomic E-state index is 0.123. The van der Waals surface area contributed by atoms with Crippen LogP contribution in [-0.4, -0.2) is 47.6 Å². The van der Waals surface area contributed by atoms with Gasteiger partial charge >= 0.3 is 0 Å². The number of unbranched alkanes of at least 4 members (excludes halogenated alkanes) is 1. The molecule has 2 aromatic rings. The Kier molecular flexibility index (Phi) is 7.87. The highest BCUT2D eigenvalue weighted by Gasteiger charge is 2.23. The van der Waals surface area contributed by atoms with Gasteiger partial charge in [0.1, 0.15) is 17.4 Å². The topological polar surface area (TPSA) is 54.5 Å². The standard InChI is InChI=1S/C24H35N3O2/c1-4-6-8-19-15-20-9-7-12-25-24(20)22(16-19)29-21-10-13-27(14-11-21)17-18(3)26-23(28)5-2/h7,9,12,15-16,18,21H,4-6,8,10-11,13-14,17H2,1-3H3,(H,26,28). The Morgan fingerprint density at radius 2 is 2.10 bits per heavy atom. The first kappa shape index (κ1) is 21.6. The lowest BCUT2D eigenvalue weighted by Gasteiger charge is -2.34. The van der Waals surface area contributed by atoms with Crippen molar-refractivity contribution < 1.29 is 9.53 Å². The van der Waals surface area contributed by atoms with Crippen LogP contribution in [0.15, 0.2) is 30.5 Å².